The molecule has 4 rings (SSSR count). The lowest BCUT2D eigenvalue weighted by Crippen LogP contribution is -2.29. The summed E-state index contributed by atoms with van der Waals surface area (Å²) < 4.78 is 5.23. The van der Waals surface area contributed by atoms with Gasteiger partial charge in [-0.25, -0.2) is 9.69 Å². The quantitative estimate of drug-likeness (QED) is 0.297. The Morgan fingerprint density at radius 3 is 2.11 bits per heavy atom. The predicted molar refractivity (Wildman–Crippen MR) is 143 cm³/mol. The highest BCUT2D eigenvalue weighted by atomic mass is 35.5. The highest BCUT2D eigenvalue weighted by Crippen LogP contribution is 2.34. The number of nitrogens with one attached hydrogen (secondary N) is 1. The molecule has 3 amide bonds. The Morgan fingerprint density at radius 2 is 1.49 bits per heavy atom. The predicted octanol–water partition coefficient (Wildman–Crippen LogP) is 6.18. The molecule has 0 fully saturated rings. The number of benzene rings is 3. The van der Waals surface area contributed by atoms with E-state index in [-0.39, 0.29) is 39.2 Å². The molecule has 1 aliphatic rings. The second kappa shape index (κ2) is 10.6. The molecule has 0 aromatic heterocycles. The zero-order chi connectivity index (χ0) is 26.9. The Morgan fingerprint density at radius 1 is 0.865 bits per heavy atom. The Hall–Kier alpha value is -3.97. The number of hydrogen-bond donors (Lipinski definition) is 1. The van der Waals surface area contributed by atoms with Gasteiger partial charge in [0, 0.05) is 5.69 Å². The fourth-order valence-corrected chi connectivity index (χ4v) is 4.53. The van der Waals surface area contributed by atoms with Gasteiger partial charge in [-0.3, -0.25) is 14.4 Å². The van der Waals surface area contributed by atoms with E-state index in [2.05, 4.69) is 5.32 Å². The first kappa shape index (κ1) is 26.1. The molecule has 0 saturated heterocycles. The van der Waals surface area contributed by atoms with Crippen LogP contribution in [0.2, 0.25) is 5.02 Å². The second-order valence-electron chi connectivity index (χ2n) is 9.40. The third kappa shape index (κ3) is 5.13. The number of halogens is 1. The molecule has 1 aliphatic heterocycles. The van der Waals surface area contributed by atoms with E-state index in [0.717, 1.165) is 21.7 Å². The average Bonchev–Trinajstić information content (AvgIpc) is 3.11. The Balaban J connectivity index is 1.48. The van der Waals surface area contributed by atoms with Gasteiger partial charge < -0.3 is 10.1 Å². The van der Waals surface area contributed by atoms with Crippen LogP contribution in [0.5, 0.6) is 0 Å². The highest BCUT2D eigenvalue weighted by molar-refractivity contribution is 6.39. The van der Waals surface area contributed by atoms with Crippen LogP contribution in [-0.4, -0.2) is 30.3 Å². The first-order chi connectivity index (χ1) is 17.6. The number of nitrogens with zero attached hydrogens (tertiary/aromatic N) is 1. The number of esters is 1. The molecule has 0 aliphatic carbocycles. The number of anilines is 2. The van der Waals surface area contributed by atoms with E-state index in [9.17, 15) is 19.2 Å². The van der Waals surface area contributed by atoms with E-state index < -0.39 is 30.3 Å². The van der Waals surface area contributed by atoms with Crippen molar-refractivity contribution in [2.75, 3.05) is 16.8 Å². The van der Waals surface area contributed by atoms with Crippen LogP contribution in [0.1, 0.15) is 81.7 Å². The largest absolute Gasteiger partial charge is 0.452 e. The Bertz CT molecular complexity index is 1390. The fraction of sp³-hybridized carbons (Fsp3) is 0.241. The smallest absolute Gasteiger partial charge is 0.338 e. The molecule has 1 heterocycles. The standard InChI is InChI=1S/C29H27ClN2O5/c1-16(2)19-8-7-9-20(17(3)4)26(19)31-25(33)15-37-29(36)18-12-13-21-22(14-18)28(35)32(27(21)34)24-11-6-5-10-23(24)30/h5-14,16-17H,15H2,1-4H3,(H,31,33). The average molecular weight is 519 g/mol. The number of para-hydroxylation sites is 2. The van der Waals surface area contributed by atoms with Crippen molar-refractivity contribution in [2.45, 2.75) is 39.5 Å². The number of carbonyl (C=O) groups is 4. The molecule has 3 aromatic rings. The molecule has 0 atom stereocenters. The lowest BCUT2D eigenvalue weighted by Gasteiger charge is -2.20. The van der Waals surface area contributed by atoms with Gasteiger partial charge in [0.15, 0.2) is 6.61 Å². The van der Waals surface area contributed by atoms with Gasteiger partial charge in [-0.2, -0.15) is 0 Å². The number of carbonyl (C=O) groups excluding carboxylic acids is 4. The van der Waals surface area contributed by atoms with Crippen molar-refractivity contribution in [1.82, 2.24) is 0 Å². The van der Waals surface area contributed by atoms with Gasteiger partial charge in [0.2, 0.25) is 0 Å². The normalized spacial score (nSPS) is 12.8. The zero-order valence-corrected chi connectivity index (χ0v) is 21.8. The van der Waals surface area contributed by atoms with Crippen LogP contribution in [0.15, 0.2) is 60.7 Å². The molecular formula is C29H27ClN2O5. The monoisotopic (exact) mass is 518 g/mol. The number of ether oxygens (including phenoxy) is 1. The minimum absolute atomic E-state index is 0.0548. The van der Waals surface area contributed by atoms with Crippen molar-refractivity contribution in [3.63, 3.8) is 0 Å². The summed E-state index contributed by atoms with van der Waals surface area (Å²) in [6.07, 6.45) is 0. The van der Waals surface area contributed by atoms with Crippen molar-refractivity contribution in [1.29, 1.82) is 0 Å². The molecule has 0 radical (unpaired) electrons. The molecule has 190 valence electrons. The van der Waals surface area contributed by atoms with Crippen molar-refractivity contribution < 1.29 is 23.9 Å². The van der Waals surface area contributed by atoms with Gasteiger partial charge >= 0.3 is 5.97 Å². The van der Waals surface area contributed by atoms with Gasteiger partial charge in [-0.1, -0.05) is 69.6 Å². The van der Waals surface area contributed by atoms with Gasteiger partial charge in [0.25, 0.3) is 17.7 Å². The molecule has 0 unspecified atom stereocenters. The summed E-state index contributed by atoms with van der Waals surface area (Å²) in [4.78, 5) is 52.3. The summed E-state index contributed by atoms with van der Waals surface area (Å²) >= 11 is 6.18. The van der Waals surface area contributed by atoms with Crippen molar-refractivity contribution in [2.24, 2.45) is 0 Å². The summed E-state index contributed by atoms with van der Waals surface area (Å²) in [6.45, 7) is 7.67. The van der Waals surface area contributed by atoms with Crippen LogP contribution in [0.4, 0.5) is 11.4 Å². The van der Waals surface area contributed by atoms with E-state index in [1.807, 2.05) is 45.9 Å². The van der Waals surface area contributed by atoms with E-state index in [1.54, 1.807) is 24.3 Å². The van der Waals surface area contributed by atoms with Crippen LogP contribution in [-0.2, 0) is 9.53 Å². The summed E-state index contributed by atoms with van der Waals surface area (Å²) in [6, 6.07) is 16.5. The molecular weight excluding hydrogens is 492 g/mol. The molecule has 7 nitrogen and oxygen atoms in total. The SMILES string of the molecule is CC(C)c1cccc(C(C)C)c1NC(=O)COC(=O)c1ccc2c(c1)C(=O)N(c1ccccc1Cl)C2=O. The first-order valence-electron chi connectivity index (χ1n) is 12.0. The Kier molecular flexibility index (Phi) is 7.45. The second-order valence-corrected chi connectivity index (χ2v) is 9.81. The van der Waals surface area contributed by atoms with Gasteiger partial charge in [-0.05, 0) is 53.3 Å². The Labute approximate surface area is 220 Å². The number of hydrogen-bond acceptors (Lipinski definition) is 5. The van der Waals surface area contributed by atoms with Crippen molar-refractivity contribution >= 4 is 46.7 Å². The van der Waals surface area contributed by atoms with E-state index in [0.29, 0.717) is 0 Å². The molecule has 0 bridgehead atoms. The summed E-state index contributed by atoms with van der Waals surface area (Å²) in [5, 5.41) is 3.15. The lowest BCUT2D eigenvalue weighted by atomic mass is 9.92. The third-order valence-corrected chi connectivity index (χ3v) is 6.51. The minimum atomic E-state index is -0.782. The molecule has 0 spiro atoms. The van der Waals surface area contributed by atoms with Crippen molar-refractivity contribution in [3.8, 4) is 0 Å². The highest BCUT2D eigenvalue weighted by Gasteiger charge is 2.38. The third-order valence-electron chi connectivity index (χ3n) is 6.19. The number of fused-ring (bicyclic) bond motifs is 1. The molecule has 1 N–H and O–H groups in total. The number of rotatable bonds is 7. The van der Waals surface area contributed by atoms with E-state index in [1.165, 1.54) is 18.2 Å². The fourth-order valence-electron chi connectivity index (χ4n) is 4.30. The van der Waals surface area contributed by atoms with Gasteiger partial charge in [-0.15, -0.1) is 0 Å². The topological polar surface area (TPSA) is 92.8 Å². The van der Waals surface area contributed by atoms with Crippen LogP contribution < -0.4 is 10.2 Å². The molecule has 37 heavy (non-hydrogen) atoms. The van der Waals surface area contributed by atoms with Crippen LogP contribution in [0.25, 0.3) is 0 Å². The summed E-state index contributed by atoms with van der Waals surface area (Å²) in [5.41, 5.74) is 3.26. The summed E-state index contributed by atoms with van der Waals surface area (Å²) in [7, 11) is 0. The van der Waals surface area contributed by atoms with E-state index in [4.69, 9.17) is 16.3 Å². The molecule has 3 aromatic carbocycles. The maximum atomic E-state index is 13.0. The van der Waals surface area contributed by atoms with Crippen molar-refractivity contribution in [3.05, 3.63) is 93.5 Å². The maximum Gasteiger partial charge on any atom is 0.338 e. The van der Waals surface area contributed by atoms with Crippen LogP contribution in [0, 0.1) is 0 Å². The van der Waals surface area contributed by atoms with Crippen LogP contribution >= 0.6 is 11.6 Å². The summed E-state index contributed by atoms with van der Waals surface area (Å²) in [5.74, 6) is -2.00. The van der Waals surface area contributed by atoms with Gasteiger partial charge in [0.1, 0.15) is 0 Å². The van der Waals surface area contributed by atoms with Crippen LogP contribution in [0.3, 0.4) is 0 Å². The zero-order valence-electron chi connectivity index (χ0n) is 21.0. The molecule has 8 heteroatoms. The van der Waals surface area contributed by atoms with E-state index >= 15 is 0 Å². The molecule has 0 saturated carbocycles. The van der Waals surface area contributed by atoms with Gasteiger partial charge in [0.05, 0.1) is 27.4 Å². The first-order valence-corrected chi connectivity index (χ1v) is 12.3. The number of amides is 3. The minimum Gasteiger partial charge on any atom is -0.452 e. The number of imide groups is 1. The lowest BCUT2D eigenvalue weighted by molar-refractivity contribution is -0.119. The maximum absolute atomic E-state index is 13.0.